The molecule has 0 saturated heterocycles. The Morgan fingerprint density at radius 3 is 2.79 bits per heavy atom. The zero-order chi connectivity index (χ0) is 20.4. The number of amides is 1. The fraction of sp³-hybridized carbons (Fsp3) is 0.143. The third-order valence-corrected chi connectivity index (χ3v) is 4.65. The smallest absolute Gasteiger partial charge is 0.278 e. The van der Waals surface area contributed by atoms with E-state index in [1.807, 2.05) is 30.3 Å². The van der Waals surface area contributed by atoms with Crippen molar-refractivity contribution in [3.05, 3.63) is 77.7 Å². The van der Waals surface area contributed by atoms with Gasteiger partial charge in [0.05, 0.1) is 23.5 Å². The molecule has 4 rings (SSSR count). The highest BCUT2D eigenvalue weighted by Gasteiger charge is 2.19. The standard InChI is InChI=1S/C21H19N5O3/c1-13-19(21(29)23-16-8-2-6-15(11-16)18(28)12-27)24-25-26(13)17-9-3-5-14-7-4-10-22-20(14)17/h2-11,18,27-28H,12H2,1H3,(H,23,29)/t18-/m1/s1. The molecule has 0 aliphatic rings. The van der Waals surface area contributed by atoms with Crippen LogP contribution in [-0.4, -0.2) is 42.7 Å². The van der Waals surface area contributed by atoms with Crippen molar-refractivity contribution in [1.29, 1.82) is 0 Å². The number of pyridine rings is 1. The summed E-state index contributed by atoms with van der Waals surface area (Å²) in [5.41, 5.74) is 3.26. The Balaban J connectivity index is 1.64. The van der Waals surface area contributed by atoms with Gasteiger partial charge in [0, 0.05) is 17.3 Å². The first kappa shape index (κ1) is 18.7. The quantitative estimate of drug-likeness (QED) is 0.483. The maximum Gasteiger partial charge on any atom is 0.278 e. The van der Waals surface area contributed by atoms with Crippen LogP contribution in [-0.2, 0) is 0 Å². The van der Waals surface area contributed by atoms with Crippen LogP contribution in [0.2, 0.25) is 0 Å². The van der Waals surface area contributed by atoms with Gasteiger partial charge < -0.3 is 15.5 Å². The molecule has 2 heterocycles. The summed E-state index contributed by atoms with van der Waals surface area (Å²) < 4.78 is 1.59. The van der Waals surface area contributed by atoms with Crippen molar-refractivity contribution >= 4 is 22.5 Å². The van der Waals surface area contributed by atoms with Crippen LogP contribution in [0.15, 0.2) is 60.8 Å². The largest absolute Gasteiger partial charge is 0.393 e. The number of hydrogen-bond acceptors (Lipinski definition) is 6. The molecule has 0 unspecified atom stereocenters. The van der Waals surface area contributed by atoms with E-state index in [1.165, 1.54) is 0 Å². The number of nitrogens with one attached hydrogen (secondary N) is 1. The second-order valence-corrected chi connectivity index (χ2v) is 6.57. The minimum Gasteiger partial charge on any atom is -0.393 e. The van der Waals surface area contributed by atoms with E-state index < -0.39 is 18.6 Å². The summed E-state index contributed by atoms with van der Waals surface area (Å²) in [7, 11) is 0. The Hall–Kier alpha value is -3.62. The van der Waals surface area contributed by atoms with Gasteiger partial charge in [0.15, 0.2) is 5.69 Å². The maximum atomic E-state index is 12.7. The number of nitrogens with zero attached hydrogens (tertiary/aromatic N) is 4. The molecule has 0 fully saturated rings. The second kappa shape index (κ2) is 7.78. The van der Waals surface area contributed by atoms with Crippen LogP contribution < -0.4 is 5.32 Å². The fourth-order valence-electron chi connectivity index (χ4n) is 3.15. The predicted molar refractivity (Wildman–Crippen MR) is 108 cm³/mol. The van der Waals surface area contributed by atoms with Crippen molar-refractivity contribution in [2.45, 2.75) is 13.0 Å². The lowest BCUT2D eigenvalue weighted by molar-refractivity contribution is 0.0956. The van der Waals surface area contributed by atoms with Crippen molar-refractivity contribution in [1.82, 2.24) is 20.0 Å². The lowest BCUT2D eigenvalue weighted by atomic mass is 10.1. The highest BCUT2D eigenvalue weighted by Crippen LogP contribution is 2.22. The van der Waals surface area contributed by atoms with Crippen molar-refractivity contribution < 1.29 is 15.0 Å². The van der Waals surface area contributed by atoms with E-state index in [0.29, 0.717) is 16.9 Å². The number of fused-ring (bicyclic) bond motifs is 1. The molecule has 146 valence electrons. The zero-order valence-electron chi connectivity index (χ0n) is 15.6. The second-order valence-electron chi connectivity index (χ2n) is 6.57. The van der Waals surface area contributed by atoms with Crippen LogP contribution >= 0.6 is 0 Å². The number of anilines is 1. The summed E-state index contributed by atoms with van der Waals surface area (Å²) in [6.45, 7) is 1.37. The average molecular weight is 389 g/mol. The number of hydrogen-bond donors (Lipinski definition) is 3. The fourth-order valence-corrected chi connectivity index (χ4v) is 3.15. The summed E-state index contributed by atoms with van der Waals surface area (Å²) in [5, 5.41) is 30.8. The Morgan fingerprint density at radius 1 is 1.17 bits per heavy atom. The first-order chi connectivity index (χ1) is 14.1. The Kier molecular flexibility index (Phi) is 5.03. The number of benzene rings is 2. The van der Waals surface area contributed by atoms with Crippen LogP contribution in [0.25, 0.3) is 16.6 Å². The molecule has 4 aromatic rings. The molecule has 2 aromatic carbocycles. The topological polar surface area (TPSA) is 113 Å². The van der Waals surface area contributed by atoms with Crippen LogP contribution in [0, 0.1) is 6.92 Å². The highest BCUT2D eigenvalue weighted by molar-refractivity contribution is 6.03. The van der Waals surface area contributed by atoms with Gasteiger partial charge in [0.2, 0.25) is 0 Å². The first-order valence-corrected chi connectivity index (χ1v) is 9.05. The van der Waals surface area contributed by atoms with Gasteiger partial charge in [-0.1, -0.05) is 35.5 Å². The number of para-hydroxylation sites is 1. The van der Waals surface area contributed by atoms with Crippen LogP contribution in [0.3, 0.4) is 0 Å². The predicted octanol–water partition coefficient (Wildman–Crippen LogP) is 2.40. The number of aliphatic hydroxyl groups is 2. The van der Waals surface area contributed by atoms with Gasteiger partial charge in [-0.05, 0) is 36.8 Å². The van der Waals surface area contributed by atoms with Gasteiger partial charge in [-0.25, -0.2) is 4.68 Å². The molecular formula is C21H19N5O3. The molecule has 0 radical (unpaired) electrons. The molecule has 1 amide bonds. The van der Waals surface area contributed by atoms with E-state index in [0.717, 1.165) is 16.6 Å². The van der Waals surface area contributed by atoms with Gasteiger partial charge in [-0.2, -0.15) is 0 Å². The molecule has 0 aliphatic carbocycles. The van der Waals surface area contributed by atoms with E-state index in [4.69, 9.17) is 5.11 Å². The number of aromatic nitrogens is 4. The van der Waals surface area contributed by atoms with Crippen molar-refractivity contribution in [2.24, 2.45) is 0 Å². The Labute approximate surface area is 166 Å². The summed E-state index contributed by atoms with van der Waals surface area (Å²) in [4.78, 5) is 17.2. The van der Waals surface area contributed by atoms with Gasteiger partial charge in [-0.15, -0.1) is 5.10 Å². The van der Waals surface area contributed by atoms with Gasteiger partial charge in [-0.3, -0.25) is 9.78 Å². The summed E-state index contributed by atoms with van der Waals surface area (Å²) in [5.74, 6) is -0.419. The van der Waals surface area contributed by atoms with Gasteiger partial charge >= 0.3 is 0 Å². The lowest BCUT2D eigenvalue weighted by Gasteiger charge is -2.10. The summed E-state index contributed by atoms with van der Waals surface area (Å²) >= 11 is 0. The van der Waals surface area contributed by atoms with E-state index in [-0.39, 0.29) is 5.69 Å². The zero-order valence-corrected chi connectivity index (χ0v) is 15.6. The van der Waals surface area contributed by atoms with Crippen LogP contribution in [0.1, 0.15) is 27.8 Å². The van der Waals surface area contributed by atoms with E-state index in [1.54, 1.807) is 42.1 Å². The molecule has 0 spiro atoms. The monoisotopic (exact) mass is 389 g/mol. The molecular weight excluding hydrogens is 370 g/mol. The highest BCUT2D eigenvalue weighted by atomic mass is 16.3. The number of rotatable bonds is 5. The number of carbonyl (C=O) groups excluding carboxylic acids is 1. The molecule has 0 aliphatic heterocycles. The molecule has 2 aromatic heterocycles. The molecule has 0 bridgehead atoms. The molecule has 8 heteroatoms. The summed E-state index contributed by atoms with van der Waals surface area (Å²) in [6, 6.07) is 16.2. The normalized spacial score (nSPS) is 12.1. The first-order valence-electron chi connectivity index (χ1n) is 9.05. The van der Waals surface area contributed by atoms with Crippen molar-refractivity contribution in [2.75, 3.05) is 11.9 Å². The number of aliphatic hydroxyl groups excluding tert-OH is 2. The Bertz CT molecular complexity index is 1180. The molecule has 29 heavy (non-hydrogen) atoms. The Morgan fingerprint density at radius 2 is 1.97 bits per heavy atom. The number of carbonyl (C=O) groups is 1. The minimum atomic E-state index is -1.01. The van der Waals surface area contributed by atoms with E-state index in [2.05, 4.69) is 20.6 Å². The minimum absolute atomic E-state index is 0.186. The van der Waals surface area contributed by atoms with E-state index in [9.17, 15) is 9.90 Å². The van der Waals surface area contributed by atoms with Gasteiger partial charge in [0.25, 0.3) is 5.91 Å². The van der Waals surface area contributed by atoms with Crippen molar-refractivity contribution in [3.8, 4) is 5.69 Å². The molecule has 8 nitrogen and oxygen atoms in total. The molecule has 1 atom stereocenters. The SMILES string of the molecule is Cc1c(C(=O)Nc2cccc([C@H](O)CO)c2)nnn1-c1cccc2cccnc12. The molecule has 3 N–H and O–H groups in total. The van der Waals surface area contributed by atoms with Crippen molar-refractivity contribution in [3.63, 3.8) is 0 Å². The lowest BCUT2D eigenvalue weighted by Crippen LogP contribution is -2.14. The van der Waals surface area contributed by atoms with Crippen LogP contribution in [0.5, 0.6) is 0 Å². The van der Waals surface area contributed by atoms with Crippen LogP contribution in [0.4, 0.5) is 5.69 Å². The van der Waals surface area contributed by atoms with E-state index >= 15 is 0 Å². The average Bonchev–Trinajstić information content (AvgIpc) is 3.14. The third-order valence-electron chi connectivity index (χ3n) is 4.65. The van der Waals surface area contributed by atoms with Gasteiger partial charge in [0.1, 0.15) is 6.10 Å². The summed E-state index contributed by atoms with van der Waals surface area (Å²) in [6.07, 6.45) is 0.702. The molecule has 0 saturated carbocycles. The maximum absolute atomic E-state index is 12.7. The third kappa shape index (κ3) is 3.58.